The fourth-order valence-corrected chi connectivity index (χ4v) is 10.1. The Bertz CT molecular complexity index is 1180. The van der Waals surface area contributed by atoms with E-state index in [9.17, 15) is 19.5 Å². The van der Waals surface area contributed by atoms with Crippen LogP contribution in [-0.2, 0) is 33.3 Å². The normalized spacial score (nSPS) is 12.6. The molecule has 0 aliphatic heterocycles. The van der Waals surface area contributed by atoms with Gasteiger partial charge in [-0.3, -0.25) is 9.59 Å². The molecule has 9 nitrogen and oxygen atoms in total. The van der Waals surface area contributed by atoms with E-state index in [0.717, 1.165) is 38.5 Å². The van der Waals surface area contributed by atoms with Crippen molar-refractivity contribution in [3.8, 4) is 0 Å². The van der Waals surface area contributed by atoms with Crippen LogP contribution in [0.3, 0.4) is 0 Å². The number of quaternary nitrogens is 1. The molecular formula is C65H128NO8+. The van der Waals surface area contributed by atoms with Gasteiger partial charge < -0.3 is 28.5 Å². The minimum atomic E-state index is -1.50. The van der Waals surface area contributed by atoms with Gasteiger partial charge in [-0.2, -0.15) is 0 Å². The molecule has 0 fully saturated rings. The third-order valence-electron chi connectivity index (χ3n) is 15.1. The summed E-state index contributed by atoms with van der Waals surface area (Å²) in [6.45, 7) is 4.91. The van der Waals surface area contributed by atoms with Crippen LogP contribution in [0.25, 0.3) is 0 Å². The average molecular weight is 1050 g/mol. The number of carboxylic acid groups (broad SMARTS) is 1. The summed E-state index contributed by atoms with van der Waals surface area (Å²) in [7, 11) is 5.98. The Morgan fingerprint density at radius 3 is 0.865 bits per heavy atom. The second-order valence-electron chi connectivity index (χ2n) is 23.8. The summed E-state index contributed by atoms with van der Waals surface area (Å²) >= 11 is 0. The lowest BCUT2D eigenvalue weighted by Gasteiger charge is -2.25. The third-order valence-corrected chi connectivity index (χ3v) is 15.1. The zero-order chi connectivity index (χ0) is 54.1. The summed E-state index contributed by atoms with van der Waals surface area (Å²) in [5, 5.41) is 9.67. The first-order valence-corrected chi connectivity index (χ1v) is 32.7. The van der Waals surface area contributed by atoms with Gasteiger partial charge in [0.25, 0.3) is 6.29 Å². The molecule has 9 heteroatoms. The summed E-state index contributed by atoms with van der Waals surface area (Å²) in [5.74, 6) is -1.98. The van der Waals surface area contributed by atoms with E-state index in [0.29, 0.717) is 17.4 Å². The molecule has 440 valence electrons. The van der Waals surface area contributed by atoms with Crippen molar-refractivity contribution >= 4 is 17.9 Å². The lowest BCUT2D eigenvalue weighted by Crippen LogP contribution is -2.40. The van der Waals surface area contributed by atoms with Gasteiger partial charge in [-0.25, -0.2) is 4.79 Å². The Kier molecular flexibility index (Phi) is 56.1. The van der Waals surface area contributed by atoms with Crippen LogP contribution in [0.5, 0.6) is 0 Å². The Hall–Kier alpha value is -1.71. The Labute approximate surface area is 460 Å². The maximum Gasteiger partial charge on any atom is 0.361 e. The largest absolute Gasteiger partial charge is 0.477 e. The monoisotopic (exact) mass is 1050 g/mol. The molecular weight excluding hydrogens is 923 g/mol. The minimum absolute atomic E-state index is 0.174. The van der Waals surface area contributed by atoms with Crippen molar-refractivity contribution in [2.45, 2.75) is 354 Å². The van der Waals surface area contributed by atoms with Gasteiger partial charge in [0, 0.05) is 12.8 Å². The molecule has 0 bridgehead atoms. The molecule has 0 aliphatic rings. The second kappa shape index (κ2) is 57.5. The summed E-state index contributed by atoms with van der Waals surface area (Å²) in [6, 6.07) is 0. The van der Waals surface area contributed by atoms with Crippen molar-refractivity contribution in [1.82, 2.24) is 0 Å². The van der Waals surface area contributed by atoms with Crippen molar-refractivity contribution in [2.24, 2.45) is 0 Å². The van der Waals surface area contributed by atoms with Crippen LogP contribution in [0.4, 0.5) is 0 Å². The molecule has 0 aromatic rings. The molecule has 0 amide bonds. The topological polar surface area (TPSA) is 108 Å². The zero-order valence-corrected chi connectivity index (χ0v) is 50.3. The van der Waals surface area contributed by atoms with Crippen LogP contribution in [0, 0.1) is 0 Å². The number of rotatable bonds is 62. The van der Waals surface area contributed by atoms with Gasteiger partial charge in [0.2, 0.25) is 0 Å². The molecule has 0 heterocycles. The van der Waals surface area contributed by atoms with Crippen molar-refractivity contribution in [1.29, 1.82) is 0 Å². The molecule has 0 saturated heterocycles. The fraction of sp³-hybridized carbons (Fsp3) is 0.954. The molecule has 0 spiro atoms. The van der Waals surface area contributed by atoms with Gasteiger partial charge in [0.15, 0.2) is 6.10 Å². The highest BCUT2D eigenvalue weighted by atomic mass is 16.7. The van der Waals surface area contributed by atoms with Gasteiger partial charge in [-0.15, -0.1) is 0 Å². The smallest absolute Gasteiger partial charge is 0.361 e. The standard InChI is InChI=1S/C65H127NO8/c1-6-8-10-12-14-16-17-18-19-20-21-22-23-24-25-26-27-28-29-30-31-32-33-34-35-36-37-38-39-40-41-42-43-44-45-46-48-50-52-54-56-63(68)74-61(60-73-65(64(69)70)71-58-57-66(3,4)5)59-72-62(67)55-53-51-49-47-15-13-11-9-7-2/h61,65H,6-60H2,1-5H3/p+1. The molecule has 0 saturated carbocycles. The number of carboxylic acids is 1. The van der Waals surface area contributed by atoms with Crippen molar-refractivity contribution < 1.29 is 42.9 Å². The van der Waals surface area contributed by atoms with E-state index in [4.69, 9.17) is 18.9 Å². The highest BCUT2D eigenvalue weighted by molar-refractivity contribution is 5.71. The van der Waals surface area contributed by atoms with Crippen molar-refractivity contribution in [2.75, 3.05) is 47.5 Å². The zero-order valence-electron chi connectivity index (χ0n) is 50.3. The first-order valence-electron chi connectivity index (χ1n) is 32.7. The Balaban J connectivity index is 3.78. The van der Waals surface area contributed by atoms with Crippen molar-refractivity contribution in [3.05, 3.63) is 0 Å². The van der Waals surface area contributed by atoms with Crippen LogP contribution in [0.15, 0.2) is 0 Å². The number of aliphatic carboxylic acids is 1. The molecule has 1 N–H and O–H groups in total. The number of likely N-dealkylation sites (N-methyl/N-ethyl adjacent to an activating group) is 1. The maximum absolute atomic E-state index is 12.8. The van der Waals surface area contributed by atoms with Gasteiger partial charge in [-0.05, 0) is 12.8 Å². The summed E-state index contributed by atoms with van der Waals surface area (Å²) in [5.41, 5.74) is 0. The van der Waals surface area contributed by atoms with E-state index in [1.807, 2.05) is 21.1 Å². The average Bonchev–Trinajstić information content (AvgIpc) is 3.37. The van der Waals surface area contributed by atoms with E-state index in [2.05, 4.69) is 13.8 Å². The first-order chi connectivity index (χ1) is 36.1. The molecule has 2 unspecified atom stereocenters. The number of carbonyl (C=O) groups is 3. The lowest BCUT2D eigenvalue weighted by atomic mass is 10.0. The van der Waals surface area contributed by atoms with Gasteiger partial charge >= 0.3 is 17.9 Å². The number of hydrogen-bond donors (Lipinski definition) is 1. The van der Waals surface area contributed by atoms with Crippen molar-refractivity contribution in [3.63, 3.8) is 0 Å². The van der Waals surface area contributed by atoms with E-state index >= 15 is 0 Å². The van der Waals surface area contributed by atoms with E-state index < -0.39 is 18.4 Å². The van der Waals surface area contributed by atoms with Crippen LogP contribution >= 0.6 is 0 Å². The van der Waals surface area contributed by atoms with Gasteiger partial charge in [0.1, 0.15) is 13.2 Å². The van der Waals surface area contributed by atoms with E-state index in [1.54, 1.807) is 0 Å². The molecule has 0 aliphatic carbocycles. The molecule has 74 heavy (non-hydrogen) atoms. The highest BCUT2D eigenvalue weighted by Crippen LogP contribution is 2.19. The van der Waals surface area contributed by atoms with Crippen LogP contribution in [-0.4, -0.2) is 87.4 Å². The Morgan fingerprint density at radius 1 is 0.351 bits per heavy atom. The highest BCUT2D eigenvalue weighted by Gasteiger charge is 2.25. The first kappa shape index (κ1) is 72.3. The quantitative estimate of drug-likeness (QED) is 0.0278. The molecule has 0 radical (unpaired) electrons. The van der Waals surface area contributed by atoms with Crippen LogP contribution in [0.2, 0.25) is 0 Å². The van der Waals surface area contributed by atoms with E-state index in [1.165, 1.54) is 276 Å². The number of carbonyl (C=O) groups excluding carboxylic acids is 2. The van der Waals surface area contributed by atoms with Crippen LogP contribution < -0.4 is 0 Å². The number of nitrogens with zero attached hydrogens (tertiary/aromatic N) is 1. The van der Waals surface area contributed by atoms with Crippen LogP contribution in [0.1, 0.15) is 341 Å². The van der Waals surface area contributed by atoms with Gasteiger partial charge in [-0.1, -0.05) is 316 Å². The SMILES string of the molecule is CCCCCCCCCCCCCCCCCCCCCCCCCCCCCCCCCCCCCCCCCCC(=O)OC(COC(=O)CCCCCCCCCCC)COC(OCC[N+](C)(C)C)C(=O)O. The number of esters is 2. The lowest BCUT2D eigenvalue weighted by molar-refractivity contribution is -0.870. The summed E-state index contributed by atoms with van der Waals surface area (Å²) < 4.78 is 22.8. The molecule has 0 aromatic heterocycles. The second-order valence-corrected chi connectivity index (χ2v) is 23.8. The fourth-order valence-electron chi connectivity index (χ4n) is 10.1. The molecule has 0 aromatic carbocycles. The summed E-state index contributed by atoms with van der Waals surface area (Å²) in [6.07, 6.45) is 64.1. The van der Waals surface area contributed by atoms with Gasteiger partial charge in [0.05, 0.1) is 34.4 Å². The maximum atomic E-state index is 12.8. The number of ether oxygens (including phenoxy) is 4. The third kappa shape index (κ3) is 58.0. The number of hydrogen-bond acceptors (Lipinski definition) is 7. The number of unbranched alkanes of at least 4 members (excludes halogenated alkanes) is 47. The minimum Gasteiger partial charge on any atom is -0.477 e. The predicted octanol–water partition coefficient (Wildman–Crippen LogP) is 19.5. The Morgan fingerprint density at radius 2 is 0.608 bits per heavy atom. The summed E-state index contributed by atoms with van der Waals surface area (Å²) in [4.78, 5) is 37.2. The molecule has 0 rings (SSSR count). The van der Waals surface area contributed by atoms with E-state index in [-0.39, 0.29) is 38.2 Å². The molecule has 2 atom stereocenters. The predicted molar refractivity (Wildman–Crippen MR) is 314 cm³/mol.